The first-order valence-corrected chi connectivity index (χ1v) is 25.5. The SMILES string of the molecule is C/C=C/C(=O)O.CCC.CCC.CCC.CCC.CCCC(=O)O.CCCN.CCCO.NCCc1ccccc1.O=C(O)/C=C/c1ccccc1.O=C(O)CCc1ccccc1.OCCc1ccccc1. The molecule has 0 fully saturated rings. The highest BCUT2D eigenvalue weighted by atomic mass is 16.4. The third-order valence-corrected chi connectivity index (χ3v) is 6.49. The van der Waals surface area contributed by atoms with Gasteiger partial charge in [-0.15, -0.1) is 0 Å². The van der Waals surface area contributed by atoms with Gasteiger partial charge in [0.2, 0.25) is 0 Å². The molecule has 4 rings (SSSR count). The first-order valence-electron chi connectivity index (χ1n) is 25.5. The van der Waals surface area contributed by atoms with Crippen molar-refractivity contribution in [2.45, 2.75) is 160 Å². The molecule has 412 valence electrons. The number of carbonyl (C=O) groups is 4. The van der Waals surface area contributed by atoms with Crippen LogP contribution in [0.4, 0.5) is 0 Å². The number of benzene rings is 4. The van der Waals surface area contributed by atoms with E-state index in [1.54, 1.807) is 13.0 Å². The highest BCUT2D eigenvalue weighted by Gasteiger charge is 1.96. The van der Waals surface area contributed by atoms with Gasteiger partial charge in [-0.05, 0) is 86.9 Å². The Bertz CT molecular complexity index is 1600. The van der Waals surface area contributed by atoms with Crippen LogP contribution in [0.2, 0.25) is 0 Å². The van der Waals surface area contributed by atoms with Crippen molar-refractivity contribution in [2.75, 3.05) is 26.3 Å². The van der Waals surface area contributed by atoms with Crippen molar-refractivity contribution >= 4 is 30.0 Å². The maximum atomic E-state index is 10.2. The van der Waals surface area contributed by atoms with Gasteiger partial charge in [0, 0.05) is 38.2 Å². The van der Waals surface area contributed by atoms with E-state index in [1.807, 2.05) is 123 Å². The van der Waals surface area contributed by atoms with Gasteiger partial charge in [0.15, 0.2) is 0 Å². The molecule has 0 saturated heterocycles. The summed E-state index contributed by atoms with van der Waals surface area (Å²) in [5, 5.41) is 48.8. The van der Waals surface area contributed by atoms with Gasteiger partial charge >= 0.3 is 23.9 Å². The zero-order valence-corrected chi connectivity index (χ0v) is 46.6. The van der Waals surface area contributed by atoms with Crippen LogP contribution in [0.5, 0.6) is 0 Å². The van der Waals surface area contributed by atoms with Crippen LogP contribution >= 0.6 is 0 Å². The van der Waals surface area contributed by atoms with Crippen LogP contribution in [0.15, 0.2) is 140 Å². The number of hydrogen-bond acceptors (Lipinski definition) is 8. The Morgan fingerprint density at radius 2 is 0.722 bits per heavy atom. The molecule has 0 spiro atoms. The van der Waals surface area contributed by atoms with E-state index >= 15 is 0 Å². The topological polar surface area (TPSA) is 242 Å². The lowest BCUT2D eigenvalue weighted by atomic mass is 10.1. The van der Waals surface area contributed by atoms with Gasteiger partial charge in [-0.2, -0.15) is 0 Å². The molecule has 10 N–H and O–H groups in total. The van der Waals surface area contributed by atoms with Crippen molar-refractivity contribution in [3.8, 4) is 0 Å². The van der Waals surface area contributed by atoms with E-state index in [0.29, 0.717) is 19.4 Å². The summed E-state index contributed by atoms with van der Waals surface area (Å²) < 4.78 is 0. The van der Waals surface area contributed by atoms with Gasteiger partial charge in [-0.25, -0.2) is 9.59 Å². The van der Waals surface area contributed by atoms with Crippen molar-refractivity contribution in [3.05, 3.63) is 162 Å². The third-order valence-electron chi connectivity index (χ3n) is 6.49. The maximum Gasteiger partial charge on any atom is 0.328 e. The second-order valence-corrected chi connectivity index (χ2v) is 14.8. The molecular formula is C60H102N2O10. The summed E-state index contributed by atoms with van der Waals surface area (Å²) in [6.07, 6.45) is 15.8. The smallest absolute Gasteiger partial charge is 0.328 e. The summed E-state index contributed by atoms with van der Waals surface area (Å²) >= 11 is 0. The molecule has 4 aromatic carbocycles. The number of aliphatic hydroxyl groups excluding tert-OH is 2. The van der Waals surface area contributed by atoms with Gasteiger partial charge in [-0.3, -0.25) is 9.59 Å². The molecule has 0 radical (unpaired) electrons. The summed E-state index contributed by atoms with van der Waals surface area (Å²) in [5.41, 5.74) is 14.9. The van der Waals surface area contributed by atoms with Crippen molar-refractivity contribution in [3.63, 3.8) is 0 Å². The quantitative estimate of drug-likeness (QED) is 0.0550. The number of aliphatic hydroxyl groups is 2. The Morgan fingerprint density at radius 1 is 0.417 bits per heavy atom. The van der Waals surface area contributed by atoms with E-state index in [-0.39, 0.29) is 13.0 Å². The Kier molecular flexibility index (Phi) is 91.3. The largest absolute Gasteiger partial charge is 0.481 e. The van der Waals surface area contributed by atoms with Crippen LogP contribution in [0.3, 0.4) is 0 Å². The molecule has 0 aromatic heterocycles. The predicted molar refractivity (Wildman–Crippen MR) is 308 cm³/mol. The van der Waals surface area contributed by atoms with Crippen LogP contribution in [0.25, 0.3) is 6.08 Å². The van der Waals surface area contributed by atoms with Crippen LogP contribution in [0, 0.1) is 0 Å². The number of hydrogen-bond donors (Lipinski definition) is 8. The molecule has 0 bridgehead atoms. The second-order valence-electron chi connectivity index (χ2n) is 14.8. The van der Waals surface area contributed by atoms with Crippen molar-refractivity contribution < 1.29 is 49.8 Å². The van der Waals surface area contributed by atoms with Crippen LogP contribution < -0.4 is 11.5 Å². The lowest BCUT2D eigenvalue weighted by Crippen LogP contribution is -2.01. The van der Waals surface area contributed by atoms with E-state index in [4.69, 9.17) is 42.1 Å². The van der Waals surface area contributed by atoms with E-state index in [1.165, 1.54) is 42.9 Å². The number of carboxylic acid groups (broad SMARTS) is 4. The van der Waals surface area contributed by atoms with Crippen molar-refractivity contribution in [1.29, 1.82) is 0 Å². The molecule has 0 unspecified atom stereocenters. The van der Waals surface area contributed by atoms with Gasteiger partial charge in [0.1, 0.15) is 0 Å². The highest BCUT2D eigenvalue weighted by molar-refractivity contribution is 5.85. The lowest BCUT2D eigenvalue weighted by Gasteiger charge is -1.95. The van der Waals surface area contributed by atoms with Crippen molar-refractivity contribution in [2.24, 2.45) is 11.5 Å². The molecule has 0 amide bonds. The summed E-state index contributed by atoms with van der Waals surface area (Å²) in [6, 6.07) is 39.1. The fraction of sp³-hybridized carbons (Fsp3) is 0.467. The van der Waals surface area contributed by atoms with Gasteiger partial charge in [-0.1, -0.05) is 229 Å². The van der Waals surface area contributed by atoms with Gasteiger partial charge < -0.3 is 42.1 Å². The molecular weight excluding hydrogens is 909 g/mol. The zero-order valence-electron chi connectivity index (χ0n) is 46.6. The average molecular weight is 1010 g/mol. The molecule has 0 saturated carbocycles. The molecule has 0 aliphatic rings. The first kappa shape index (κ1) is 83.0. The Balaban J connectivity index is -0.000000107. The number of nitrogens with two attached hydrogens (primary N) is 2. The summed E-state index contributed by atoms with van der Waals surface area (Å²) in [7, 11) is 0. The lowest BCUT2D eigenvalue weighted by molar-refractivity contribution is -0.138. The molecule has 0 aliphatic heterocycles. The molecule has 12 heteroatoms. The predicted octanol–water partition coefficient (Wildman–Crippen LogP) is 13.8. The van der Waals surface area contributed by atoms with Gasteiger partial charge in [0.05, 0.1) is 0 Å². The second kappa shape index (κ2) is 79.2. The highest BCUT2D eigenvalue weighted by Crippen LogP contribution is 2.02. The fourth-order valence-electron chi connectivity index (χ4n) is 3.57. The van der Waals surface area contributed by atoms with E-state index in [0.717, 1.165) is 68.5 Å². The molecule has 0 aliphatic carbocycles. The molecule has 0 atom stereocenters. The number of rotatable bonds is 14. The molecule has 0 heterocycles. The van der Waals surface area contributed by atoms with E-state index in [9.17, 15) is 19.2 Å². The summed E-state index contributed by atoms with van der Waals surface area (Å²) in [6.45, 7) is 26.6. The molecule has 4 aromatic rings. The standard InChI is InChI=1S/C9H10O2.C9H8O2.C8H11N.C8H10O.C4H8O2.C4H6O2.C3H9N.C3H8O.4C3H8/c2*10-9(11)7-6-8-4-2-1-3-5-8;2*9-7-6-8-4-2-1-3-5-8;2*1-2-3-4(5)6;2*1-2-3-4;4*1-3-2/h1-5H,6-7H2,(H,10,11);1-7H,(H,10,11);1-5H,6-7,9H2;1-5,9H,6-7H2;2-3H2,1H3,(H,5,6);2-3H,1H3,(H,5,6);2-4H2,1H3;4H,2-3H2,1H3;4*3H2,1-2H3/b;7-6+;;;;3-2+;;;;;;. The monoisotopic (exact) mass is 1010 g/mol. The minimum Gasteiger partial charge on any atom is -0.481 e. The van der Waals surface area contributed by atoms with E-state index < -0.39 is 23.9 Å². The van der Waals surface area contributed by atoms with E-state index in [2.05, 4.69) is 74.4 Å². The Labute approximate surface area is 438 Å². The number of allylic oxidation sites excluding steroid dienone is 1. The van der Waals surface area contributed by atoms with Crippen LogP contribution in [-0.2, 0) is 38.4 Å². The Hall–Kier alpha value is -5.92. The van der Waals surface area contributed by atoms with Crippen LogP contribution in [-0.4, -0.2) is 80.8 Å². The number of carboxylic acids is 4. The average Bonchev–Trinajstić information content (AvgIpc) is 3.36. The van der Waals surface area contributed by atoms with Crippen molar-refractivity contribution in [1.82, 2.24) is 0 Å². The fourth-order valence-corrected chi connectivity index (χ4v) is 3.57. The number of aryl methyl sites for hydroxylation is 1. The Morgan fingerprint density at radius 3 is 0.931 bits per heavy atom. The van der Waals surface area contributed by atoms with Crippen LogP contribution in [0.1, 0.15) is 163 Å². The summed E-state index contributed by atoms with van der Waals surface area (Å²) in [5.74, 6) is -3.27. The minimum absolute atomic E-state index is 0.212. The first-order chi connectivity index (χ1) is 34.5. The zero-order chi connectivity index (χ0) is 56.9. The number of aliphatic carboxylic acids is 4. The van der Waals surface area contributed by atoms with Gasteiger partial charge in [0.25, 0.3) is 0 Å². The summed E-state index contributed by atoms with van der Waals surface area (Å²) in [4.78, 5) is 39.4. The molecule has 72 heavy (non-hydrogen) atoms. The normalized spacial score (nSPS) is 8.67. The maximum absolute atomic E-state index is 10.2. The third kappa shape index (κ3) is 102. The minimum atomic E-state index is -0.922. The molecule has 12 nitrogen and oxygen atoms in total.